The molecule has 1 saturated carbocycles. The maximum atomic E-state index is 11.5. The van der Waals surface area contributed by atoms with Crippen LogP contribution in [-0.4, -0.2) is 23.4 Å². The Morgan fingerprint density at radius 1 is 0.895 bits per heavy atom. The summed E-state index contributed by atoms with van der Waals surface area (Å²) in [4.78, 5) is 46.1. The molecule has 0 aromatic heterocycles. The fourth-order valence-electron chi connectivity index (χ4n) is 2.99. The second kappa shape index (κ2) is 6.08. The van der Waals surface area contributed by atoms with Gasteiger partial charge in [-0.25, -0.2) is 0 Å². The van der Waals surface area contributed by atoms with Crippen LogP contribution >= 0.6 is 0 Å². The second-order valence-electron chi connectivity index (χ2n) is 4.97. The molecule has 2 amide bonds. The number of imide groups is 1. The first-order chi connectivity index (χ1) is 8.91. The quantitative estimate of drug-likeness (QED) is 0.760. The SMILES string of the molecule is CC.CC(=O)C1CC2C(=O)NC(=O)C2CC1C(C)=O. The van der Waals surface area contributed by atoms with Crippen molar-refractivity contribution < 1.29 is 19.2 Å². The summed E-state index contributed by atoms with van der Waals surface area (Å²) in [5.74, 6) is -2.41. The monoisotopic (exact) mass is 267 g/mol. The minimum atomic E-state index is -0.424. The Morgan fingerprint density at radius 3 is 1.47 bits per heavy atom. The predicted octanol–water partition coefficient (Wildman–Crippen LogP) is 1.11. The van der Waals surface area contributed by atoms with Crippen LogP contribution in [0.2, 0.25) is 0 Å². The molecule has 0 aromatic carbocycles. The number of amides is 2. The Balaban J connectivity index is 0.000000861. The van der Waals surface area contributed by atoms with Crippen molar-refractivity contribution in [2.75, 3.05) is 0 Å². The van der Waals surface area contributed by atoms with E-state index in [0.29, 0.717) is 12.8 Å². The zero-order chi connectivity index (χ0) is 14.7. The number of carbonyl (C=O) groups excluding carboxylic acids is 4. The van der Waals surface area contributed by atoms with Crippen LogP contribution in [0.1, 0.15) is 40.5 Å². The minimum Gasteiger partial charge on any atom is -0.300 e. The summed E-state index contributed by atoms with van der Waals surface area (Å²) < 4.78 is 0. The third-order valence-corrected chi connectivity index (χ3v) is 3.95. The van der Waals surface area contributed by atoms with Gasteiger partial charge in [-0.05, 0) is 26.7 Å². The van der Waals surface area contributed by atoms with E-state index in [4.69, 9.17) is 0 Å². The molecular formula is C14H21NO4. The van der Waals surface area contributed by atoms with Gasteiger partial charge in [-0.2, -0.15) is 0 Å². The highest BCUT2D eigenvalue weighted by Gasteiger charge is 2.50. The van der Waals surface area contributed by atoms with E-state index in [-0.39, 0.29) is 23.4 Å². The fraction of sp³-hybridized carbons (Fsp3) is 0.714. The zero-order valence-electron chi connectivity index (χ0n) is 11.9. The zero-order valence-corrected chi connectivity index (χ0v) is 11.9. The first-order valence-electron chi connectivity index (χ1n) is 6.77. The molecular weight excluding hydrogens is 246 g/mol. The molecule has 2 rings (SSSR count). The third kappa shape index (κ3) is 2.91. The number of hydrogen-bond acceptors (Lipinski definition) is 4. The summed E-state index contributed by atoms with van der Waals surface area (Å²) in [6, 6.07) is 0. The van der Waals surface area contributed by atoms with Crippen LogP contribution in [0, 0.1) is 23.7 Å². The minimum absolute atomic E-state index is 0.0733. The van der Waals surface area contributed by atoms with E-state index in [1.165, 1.54) is 13.8 Å². The summed E-state index contributed by atoms with van der Waals surface area (Å²) in [5.41, 5.74) is 0. The van der Waals surface area contributed by atoms with Gasteiger partial charge in [-0.1, -0.05) is 13.8 Å². The number of fused-ring (bicyclic) bond motifs is 1. The van der Waals surface area contributed by atoms with Crippen LogP contribution in [0.3, 0.4) is 0 Å². The molecule has 4 atom stereocenters. The summed E-state index contributed by atoms with van der Waals surface area (Å²) in [6.45, 7) is 6.88. The first-order valence-corrected chi connectivity index (χ1v) is 6.77. The van der Waals surface area contributed by atoms with Gasteiger partial charge in [0.25, 0.3) is 0 Å². The first kappa shape index (κ1) is 15.5. The molecule has 106 valence electrons. The van der Waals surface area contributed by atoms with Crippen molar-refractivity contribution in [2.45, 2.75) is 40.5 Å². The maximum Gasteiger partial charge on any atom is 0.230 e. The van der Waals surface area contributed by atoms with Crippen LogP contribution in [0.5, 0.6) is 0 Å². The van der Waals surface area contributed by atoms with Crippen molar-refractivity contribution in [3.63, 3.8) is 0 Å². The van der Waals surface area contributed by atoms with Gasteiger partial charge in [0.2, 0.25) is 11.8 Å². The van der Waals surface area contributed by atoms with E-state index in [2.05, 4.69) is 5.32 Å². The Bertz CT molecular complexity index is 378. The van der Waals surface area contributed by atoms with Crippen LogP contribution in [0.15, 0.2) is 0 Å². The molecule has 0 radical (unpaired) electrons. The highest BCUT2D eigenvalue weighted by atomic mass is 16.2. The molecule has 2 aliphatic rings. The number of hydrogen-bond donors (Lipinski definition) is 1. The van der Waals surface area contributed by atoms with Gasteiger partial charge < -0.3 is 0 Å². The van der Waals surface area contributed by atoms with Crippen molar-refractivity contribution in [1.82, 2.24) is 5.32 Å². The van der Waals surface area contributed by atoms with E-state index >= 15 is 0 Å². The van der Waals surface area contributed by atoms with Crippen LogP contribution < -0.4 is 5.32 Å². The normalized spacial score (nSPS) is 32.8. The molecule has 0 aromatic rings. The largest absolute Gasteiger partial charge is 0.300 e. The molecule has 19 heavy (non-hydrogen) atoms. The van der Waals surface area contributed by atoms with E-state index in [1.54, 1.807) is 0 Å². The molecule has 1 heterocycles. The fourth-order valence-corrected chi connectivity index (χ4v) is 2.99. The van der Waals surface area contributed by atoms with E-state index in [0.717, 1.165) is 0 Å². The van der Waals surface area contributed by atoms with E-state index in [9.17, 15) is 19.2 Å². The lowest BCUT2D eigenvalue weighted by atomic mass is 9.67. The molecule has 0 spiro atoms. The molecule has 1 aliphatic heterocycles. The molecule has 0 bridgehead atoms. The summed E-state index contributed by atoms with van der Waals surface area (Å²) in [6.07, 6.45) is 0.643. The van der Waals surface area contributed by atoms with Crippen LogP contribution in [0.25, 0.3) is 0 Å². The Hall–Kier alpha value is -1.52. The Labute approximate surface area is 113 Å². The highest BCUT2D eigenvalue weighted by molar-refractivity contribution is 6.06. The van der Waals surface area contributed by atoms with Crippen LogP contribution in [-0.2, 0) is 19.2 Å². The van der Waals surface area contributed by atoms with E-state index < -0.39 is 23.7 Å². The van der Waals surface area contributed by atoms with Gasteiger partial charge in [-0.3, -0.25) is 24.5 Å². The topological polar surface area (TPSA) is 80.3 Å². The molecule has 4 unspecified atom stereocenters. The maximum absolute atomic E-state index is 11.5. The summed E-state index contributed by atoms with van der Waals surface area (Å²) in [5, 5.41) is 2.28. The molecule has 1 N–H and O–H groups in total. The van der Waals surface area contributed by atoms with Crippen molar-refractivity contribution in [3.8, 4) is 0 Å². The summed E-state index contributed by atoms with van der Waals surface area (Å²) >= 11 is 0. The second-order valence-corrected chi connectivity index (χ2v) is 4.97. The van der Waals surface area contributed by atoms with Gasteiger partial charge in [0.05, 0.1) is 11.8 Å². The lowest BCUT2D eigenvalue weighted by molar-refractivity contribution is -0.137. The number of ketones is 2. The molecule has 1 saturated heterocycles. The Morgan fingerprint density at radius 2 is 1.21 bits per heavy atom. The lowest BCUT2D eigenvalue weighted by Crippen LogP contribution is -2.39. The van der Waals surface area contributed by atoms with Crippen molar-refractivity contribution >= 4 is 23.4 Å². The number of nitrogens with one attached hydrogen (secondary N) is 1. The summed E-state index contributed by atoms with van der Waals surface area (Å²) in [7, 11) is 0. The molecule has 5 heteroatoms. The average molecular weight is 267 g/mol. The highest BCUT2D eigenvalue weighted by Crippen LogP contribution is 2.41. The van der Waals surface area contributed by atoms with Gasteiger partial charge in [-0.15, -0.1) is 0 Å². The van der Waals surface area contributed by atoms with Gasteiger partial charge >= 0.3 is 0 Å². The molecule has 5 nitrogen and oxygen atoms in total. The smallest absolute Gasteiger partial charge is 0.230 e. The number of Topliss-reactive ketones (excluding diaryl/α,β-unsaturated/α-hetero) is 2. The third-order valence-electron chi connectivity index (χ3n) is 3.95. The van der Waals surface area contributed by atoms with Crippen molar-refractivity contribution in [1.29, 1.82) is 0 Å². The van der Waals surface area contributed by atoms with Gasteiger partial charge in [0.1, 0.15) is 11.6 Å². The van der Waals surface area contributed by atoms with E-state index in [1.807, 2.05) is 13.8 Å². The lowest BCUT2D eigenvalue weighted by Gasteiger charge is -2.33. The van der Waals surface area contributed by atoms with Crippen LogP contribution in [0.4, 0.5) is 0 Å². The van der Waals surface area contributed by atoms with Crippen molar-refractivity contribution in [2.24, 2.45) is 23.7 Å². The predicted molar refractivity (Wildman–Crippen MR) is 69.1 cm³/mol. The number of carbonyl (C=O) groups is 4. The standard InChI is InChI=1S/C12H15NO4.C2H6/c1-5(14)7-3-9-10(4-8(7)6(2)15)12(17)13-11(9)16;1-2/h7-10H,3-4H2,1-2H3,(H,13,16,17);1-2H3. The van der Waals surface area contributed by atoms with Gasteiger partial charge in [0.15, 0.2) is 0 Å². The average Bonchev–Trinajstić information content (AvgIpc) is 2.65. The molecule has 2 fully saturated rings. The van der Waals surface area contributed by atoms with Gasteiger partial charge in [0, 0.05) is 11.8 Å². The van der Waals surface area contributed by atoms with Crippen molar-refractivity contribution in [3.05, 3.63) is 0 Å². The number of rotatable bonds is 2. The molecule has 1 aliphatic carbocycles. The Kier molecular flexibility index (Phi) is 4.97.